The molecule has 4 rings (SSSR count). The molecule has 1 aliphatic rings. The van der Waals surface area contributed by atoms with Crippen LogP contribution in [-0.2, 0) is 11.2 Å². The van der Waals surface area contributed by atoms with E-state index in [-0.39, 0.29) is 11.7 Å². The lowest BCUT2D eigenvalue weighted by molar-refractivity contribution is -0.119. The van der Waals surface area contributed by atoms with E-state index in [1.54, 1.807) is 31.7 Å². The van der Waals surface area contributed by atoms with Crippen molar-refractivity contribution in [2.75, 3.05) is 11.9 Å². The van der Waals surface area contributed by atoms with Crippen LogP contribution in [0.4, 0.5) is 5.69 Å². The molecule has 9 nitrogen and oxygen atoms in total. The maximum absolute atomic E-state index is 13.4. The highest BCUT2D eigenvalue weighted by molar-refractivity contribution is 6.17. The predicted octanol–water partition coefficient (Wildman–Crippen LogP) is 1.73. The summed E-state index contributed by atoms with van der Waals surface area (Å²) in [7, 11) is 0. The second-order valence-electron chi connectivity index (χ2n) is 7.73. The van der Waals surface area contributed by atoms with Gasteiger partial charge in [-0.2, -0.15) is 0 Å². The Balaban J connectivity index is 1.59. The van der Waals surface area contributed by atoms with Gasteiger partial charge in [0.1, 0.15) is 11.7 Å². The van der Waals surface area contributed by atoms with E-state index in [0.29, 0.717) is 17.9 Å². The van der Waals surface area contributed by atoms with Crippen LogP contribution < -0.4 is 22.1 Å². The molecule has 0 saturated heterocycles. The molecule has 2 aromatic heterocycles. The number of aliphatic imine (C=N–C) groups is 1. The van der Waals surface area contributed by atoms with Gasteiger partial charge in [0.25, 0.3) is 5.91 Å². The minimum Gasteiger partial charge on any atom is -0.385 e. The summed E-state index contributed by atoms with van der Waals surface area (Å²) in [4.78, 5) is 26.1. The molecule has 3 heterocycles. The van der Waals surface area contributed by atoms with Gasteiger partial charge < -0.3 is 26.7 Å². The summed E-state index contributed by atoms with van der Waals surface area (Å²) in [6.07, 6.45) is 9.22. The molecule has 9 heteroatoms. The van der Waals surface area contributed by atoms with E-state index >= 15 is 0 Å². The first-order valence-electron chi connectivity index (χ1n) is 10.3. The van der Waals surface area contributed by atoms with Crippen LogP contribution >= 0.6 is 0 Å². The Bertz CT molecular complexity index is 1190. The van der Waals surface area contributed by atoms with Crippen LogP contribution in [0.1, 0.15) is 23.9 Å². The molecule has 6 N–H and O–H groups in total. The number of hydrogen-bond donors (Lipinski definition) is 4. The van der Waals surface area contributed by atoms with Gasteiger partial charge in [0.15, 0.2) is 5.54 Å². The lowest BCUT2D eigenvalue weighted by atomic mass is 9.95. The number of hydrogen-bond acceptors (Lipinski definition) is 7. The molecule has 1 amide bonds. The largest absolute Gasteiger partial charge is 0.385 e. The van der Waals surface area contributed by atoms with Gasteiger partial charge in [-0.25, -0.2) is 9.98 Å². The van der Waals surface area contributed by atoms with Crippen molar-refractivity contribution in [2.45, 2.75) is 25.8 Å². The molecule has 1 aromatic carbocycles. The zero-order valence-electron chi connectivity index (χ0n) is 18.0. The number of carbonyl (C=O) groups is 1. The van der Waals surface area contributed by atoms with Crippen LogP contribution in [0, 0.1) is 6.92 Å². The second kappa shape index (κ2) is 8.64. The van der Waals surface area contributed by atoms with E-state index in [4.69, 9.17) is 11.5 Å². The van der Waals surface area contributed by atoms with Gasteiger partial charge in [-0.15, -0.1) is 0 Å². The third-order valence-corrected chi connectivity index (χ3v) is 5.51. The first kappa shape index (κ1) is 21.3. The van der Waals surface area contributed by atoms with Crippen molar-refractivity contribution >= 4 is 23.1 Å². The van der Waals surface area contributed by atoms with Crippen molar-refractivity contribution in [3.8, 4) is 5.69 Å². The Morgan fingerprint density at radius 1 is 1.22 bits per heavy atom. The Morgan fingerprint density at radius 2 is 2.00 bits per heavy atom. The van der Waals surface area contributed by atoms with Gasteiger partial charge in [-0.3, -0.25) is 9.78 Å². The molecule has 1 unspecified atom stereocenters. The summed E-state index contributed by atoms with van der Waals surface area (Å²) < 4.78 is 1.87. The molecule has 0 aliphatic carbocycles. The van der Waals surface area contributed by atoms with Crippen molar-refractivity contribution in [3.63, 3.8) is 0 Å². The summed E-state index contributed by atoms with van der Waals surface area (Å²) >= 11 is 0. The molecular formula is C23H26N8O. The first-order chi connectivity index (χ1) is 15.4. The lowest BCUT2D eigenvalue weighted by Crippen LogP contribution is -2.61. The number of amidine groups is 1. The monoisotopic (exact) mass is 430 g/mol. The van der Waals surface area contributed by atoms with Crippen LogP contribution in [0.25, 0.3) is 11.4 Å². The minimum atomic E-state index is -1.25. The number of aromatic nitrogens is 3. The van der Waals surface area contributed by atoms with Crippen LogP contribution in [0.3, 0.4) is 0 Å². The minimum absolute atomic E-state index is 0.169. The molecule has 1 aliphatic heterocycles. The zero-order chi connectivity index (χ0) is 22.7. The number of imidazole rings is 1. The van der Waals surface area contributed by atoms with E-state index in [0.717, 1.165) is 29.1 Å². The van der Waals surface area contributed by atoms with Gasteiger partial charge in [-0.1, -0.05) is 24.3 Å². The first-order valence-corrected chi connectivity index (χ1v) is 10.3. The van der Waals surface area contributed by atoms with Crippen molar-refractivity contribution < 1.29 is 4.79 Å². The highest BCUT2D eigenvalue weighted by Crippen LogP contribution is 2.25. The van der Waals surface area contributed by atoms with E-state index in [2.05, 4.69) is 25.6 Å². The highest BCUT2D eigenvalue weighted by atomic mass is 16.2. The van der Waals surface area contributed by atoms with Crippen molar-refractivity contribution in [2.24, 2.45) is 16.5 Å². The highest BCUT2D eigenvalue weighted by Gasteiger charge is 2.40. The molecule has 0 radical (unpaired) electrons. The molecule has 0 spiro atoms. The standard InChI is InChI=1S/C23H26N8O/c1-15-27-11-12-31(15)20-8-10-26-13-19(20)29-22(32)23(2)21(25)28-14-18(30-23)17-5-3-16(4-6-17)7-9-24/h3-6,8,10-14,30H,7,9,24H2,1-2H3,(H2,25,28)(H,29,32). The fourth-order valence-corrected chi connectivity index (χ4v) is 3.54. The molecular weight excluding hydrogens is 404 g/mol. The average molecular weight is 431 g/mol. The Hall–Kier alpha value is -3.98. The number of pyridine rings is 1. The van der Waals surface area contributed by atoms with Gasteiger partial charge in [0, 0.05) is 18.6 Å². The molecule has 3 aromatic rings. The molecule has 0 bridgehead atoms. The van der Waals surface area contributed by atoms with Crippen molar-refractivity contribution in [1.29, 1.82) is 0 Å². The number of nitrogens with two attached hydrogens (primary N) is 2. The topological polar surface area (TPSA) is 136 Å². The van der Waals surface area contributed by atoms with E-state index in [1.165, 1.54) is 0 Å². The number of amides is 1. The third kappa shape index (κ3) is 3.97. The van der Waals surface area contributed by atoms with Crippen molar-refractivity contribution in [1.82, 2.24) is 19.9 Å². The normalized spacial score (nSPS) is 17.8. The van der Waals surface area contributed by atoms with Gasteiger partial charge in [-0.05, 0) is 44.0 Å². The SMILES string of the molecule is Cc1nccn1-c1ccncc1NC(=O)C1(C)NC(c2ccc(CCN)cc2)=CN=C1N. The average Bonchev–Trinajstić information content (AvgIpc) is 3.22. The quantitative estimate of drug-likeness (QED) is 0.470. The number of rotatable bonds is 6. The van der Waals surface area contributed by atoms with Crippen LogP contribution in [0.2, 0.25) is 0 Å². The fraction of sp³-hybridized carbons (Fsp3) is 0.217. The van der Waals surface area contributed by atoms with Crippen LogP contribution in [-0.4, -0.2) is 38.4 Å². The summed E-state index contributed by atoms with van der Waals surface area (Å²) in [6, 6.07) is 9.78. The third-order valence-electron chi connectivity index (χ3n) is 5.51. The molecule has 0 saturated carbocycles. The Morgan fingerprint density at radius 3 is 2.69 bits per heavy atom. The summed E-state index contributed by atoms with van der Waals surface area (Å²) in [5.41, 5.74) is 14.6. The fourth-order valence-electron chi connectivity index (χ4n) is 3.54. The number of anilines is 1. The summed E-state index contributed by atoms with van der Waals surface area (Å²) in [5, 5.41) is 6.21. The molecule has 32 heavy (non-hydrogen) atoms. The summed E-state index contributed by atoms with van der Waals surface area (Å²) in [5.74, 6) is 0.608. The van der Waals surface area contributed by atoms with Crippen LogP contribution in [0.5, 0.6) is 0 Å². The van der Waals surface area contributed by atoms with E-state index in [9.17, 15) is 4.79 Å². The molecule has 0 fully saturated rings. The number of aryl methyl sites for hydroxylation is 1. The Labute approximate surface area is 186 Å². The number of benzene rings is 1. The summed E-state index contributed by atoms with van der Waals surface area (Å²) in [6.45, 7) is 4.18. The van der Waals surface area contributed by atoms with Crippen molar-refractivity contribution in [3.05, 3.63) is 78.3 Å². The van der Waals surface area contributed by atoms with Gasteiger partial charge in [0.05, 0.1) is 29.5 Å². The lowest BCUT2D eigenvalue weighted by Gasteiger charge is -2.33. The number of nitrogens with one attached hydrogen (secondary N) is 2. The maximum Gasteiger partial charge on any atom is 0.257 e. The number of carbonyl (C=O) groups excluding carboxylic acids is 1. The van der Waals surface area contributed by atoms with E-state index < -0.39 is 5.54 Å². The smallest absolute Gasteiger partial charge is 0.257 e. The molecule has 164 valence electrons. The zero-order valence-corrected chi connectivity index (χ0v) is 18.0. The number of nitrogens with zero attached hydrogens (tertiary/aromatic N) is 4. The van der Waals surface area contributed by atoms with E-state index in [1.807, 2.05) is 48.0 Å². The Kier molecular flexibility index (Phi) is 5.74. The van der Waals surface area contributed by atoms with Gasteiger partial charge in [0.2, 0.25) is 0 Å². The molecule has 1 atom stereocenters. The maximum atomic E-state index is 13.4. The predicted molar refractivity (Wildman–Crippen MR) is 125 cm³/mol. The second-order valence-corrected chi connectivity index (χ2v) is 7.73. The van der Waals surface area contributed by atoms with Crippen LogP contribution in [0.15, 0.2) is 66.3 Å². The van der Waals surface area contributed by atoms with Gasteiger partial charge >= 0.3 is 0 Å².